The van der Waals surface area contributed by atoms with Gasteiger partial charge in [-0.25, -0.2) is 4.79 Å². The summed E-state index contributed by atoms with van der Waals surface area (Å²) >= 11 is 0. The summed E-state index contributed by atoms with van der Waals surface area (Å²) in [6, 6.07) is 0. The number of hydrogen-bond donors (Lipinski definition) is 1. The minimum Gasteiger partial charge on any atom is -0.481 e. The standard InChI is InChI=1S/C35H52O7/c1-21(36)40-18-12-22-19-31(6)25(30(4,5)35(22)41-28(39)42-35)11-13-33(8)26(31)10-9-23-24-20-29(2,3)14-16-34(24,27(37)38)17-15-32(23,33)7/h9,22,24-26H,10-20H2,1-8H3,(H,37,38)/t22?,24-,25?,26-,31+,32-,33-,34+/m1/s1. The van der Waals surface area contributed by atoms with E-state index in [2.05, 4.69) is 54.5 Å². The molecule has 6 aliphatic rings. The van der Waals surface area contributed by atoms with Crippen LogP contribution in [0.5, 0.6) is 0 Å². The molecule has 5 fully saturated rings. The van der Waals surface area contributed by atoms with Crippen molar-refractivity contribution in [3.05, 3.63) is 11.6 Å². The molecule has 4 saturated carbocycles. The molecule has 8 atom stereocenters. The highest BCUT2D eigenvalue weighted by Crippen LogP contribution is 2.77. The molecular weight excluding hydrogens is 532 g/mol. The normalized spacial score (nSPS) is 45.8. The Balaban J connectivity index is 1.40. The quantitative estimate of drug-likeness (QED) is 0.265. The molecule has 0 radical (unpaired) electrons. The number of hydrogen-bond acceptors (Lipinski definition) is 6. The van der Waals surface area contributed by atoms with Gasteiger partial charge in [0, 0.05) is 18.3 Å². The maximum Gasteiger partial charge on any atom is 0.514 e. The second kappa shape index (κ2) is 9.00. The molecule has 234 valence electrons. The number of ether oxygens (including phenoxy) is 3. The van der Waals surface area contributed by atoms with Crippen LogP contribution in [0.4, 0.5) is 4.79 Å². The molecule has 0 bridgehead atoms. The topological polar surface area (TPSA) is 99.1 Å². The van der Waals surface area contributed by atoms with Crippen molar-refractivity contribution >= 4 is 18.1 Å². The molecule has 0 amide bonds. The molecule has 1 heterocycles. The van der Waals surface area contributed by atoms with Crippen LogP contribution < -0.4 is 0 Å². The lowest BCUT2D eigenvalue weighted by atomic mass is 9.32. The maximum atomic E-state index is 12.9. The van der Waals surface area contributed by atoms with E-state index >= 15 is 0 Å². The number of esters is 1. The van der Waals surface area contributed by atoms with E-state index in [0.29, 0.717) is 12.3 Å². The Morgan fingerprint density at radius 2 is 1.62 bits per heavy atom. The SMILES string of the molecule is CC(=O)OCCC1C[C@@]2(C)C(CC[C@]3(C)[C@@H]2CC=C2[C@H]4CC(C)(C)CC[C@]4(C(=O)O)CC[C@]23C)C(C)(C)C12OC(=O)O2. The van der Waals surface area contributed by atoms with Crippen molar-refractivity contribution in [1.82, 2.24) is 0 Å². The summed E-state index contributed by atoms with van der Waals surface area (Å²) in [4.78, 5) is 36.7. The smallest absolute Gasteiger partial charge is 0.481 e. The summed E-state index contributed by atoms with van der Waals surface area (Å²) < 4.78 is 17.3. The molecule has 0 aromatic carbocycles. The third-order valence-corrected chi connectivity index (χ3v) is 14.6. The molecule has 1 spiro atoms. The summed E-state index contributed by atoms with van der Waals surface area (Å²) in [5.74, 6) is -1.22. The predicted octanol–water partition coefficient (Wildman–Crippen LogP) is 7.92. The number of carbonyl (C=O) groups is 3. The Morgan fingerprint density at radius 3 is 2.24 bits per heavy atom. The molecule has 5 aliphatic carbocycles. The molecule has 2 unspecified atom stereocenters. The van der Waals surface area contributed by atoms with E-state index in [0.717, 1.165) is 57.8 Å². The Morgan fingerprint density at radius 1 is 0.952 bits per heavy atom. The van der Waals surface area contributed by atoms with Gasteiger partial charge in [0.1, 0.15) is 0 Å². The Bertz CT molecular complexity index is 1220. The lowest BCUT2D eigenvalue weighted by molar-refractivity contribution is -0.395. The highest BCUT2D eigenvalue weighted by Gasteiger charge is 2.76. The largest absolute Gasteiger partial charge is 0.514 e. The molecule has 0 aromatic rings. The number of allylic oxidation sites excluding steroid dienone is 2. The van der Waals surface area contributed by atoms with Gasteiger partial charge in [0.25, 0.3) is 5.79 Å². The van der Waals surface area contributed by atoms with Crippen molar-refractivity contribution < 1.29 is 33.7 Å². The summed E-state index contributed by atoms with van der Waals surface area (Å²) in [6.07, 6.45) is 10.7. The van der Waals surface area contributed by atoms with Crippen molar-refractivity contribution in [2.24, 2.45) is 56.2 Å². The van der Waals surface area contributed by atoms with Gasteiger partial charge in [-0.15, -0.1) is 0 Å². The van der Waals surface area contributed by atoms with Gasteiger partial charge in [0.2, 0.25) is 0 Å². The van der Waals surface area contributed by atoms with Crippen LogP contribution in [0.2, 0.25) is 0 Å². The molecule has 0 aromatic heterocycles. The summed E-state index contributed by atoms with van der Waals surface area (Å²) in [5, 5.41) is 10.6. The lowest BCUT2D eigenvalue weighted by Crippen LogP contribution is -2.74. The molecule has 1 saturated heterocycles. The second-order valence-corrected chi connectivity index (χ2v) is 17.0. The van der Waals surface area contributed by atoms with Gasteiger partial charge in [-0.1, -0.05) is 60.1 Å². The van der Waals surface area contributed by atoms with Crippen LogP contribution in [0.15, 0.2) is 11.6 Å². The van der Waals surface area contributed by atoms with Gasteiger partial charge >= 0.3 is 18.1 Å². The van der Waals surface area contributed by atoms with Gasteiger partial charge < -0.3 is 19.3 Å². The molecule has 1 aliphatic heterocycles. The van der Waals surface area contributed by atoms with Crippen molar-refractivity contribution in [3.63, 3.8) is 0 Å². The average Bonchev–Trinajstić information content (AvgIpc) is 2.85. The van der Waals surface area contributed by atoms with E-state index < -0.39 is 28.7 Å². The number of carboxylic acids is 1. The van der Waals surface area contributed by atoms with Crippen molar-refractivity contribution in [2.75, 3.05) is 6.61 Å². The van der Waals surface area contributed by atoms with Crippen LogP contribution in [0.1, 0.15) is 120 Å². The third kappa shape index (κ3) is 3.66. The fourth-order valence-electron chi connectivity index (χ4n) is 12.2. The Kier molecular flexibility index (Phi) is 6.43. The average molecular weight is 585 g/mol. The fourth-order valence-corrected chi connectivity index (χ4v) is 12.2. The van der Waals surface area contributed by atoms with E-state index in [1.54, 1.807) is 0 Å². The number of fused-ring (bicyclic) bond motifs is 7. The van der Waals surface area contributed by atoms with Crippen molar-refractivity contribution in [3.8, 4) is 0 Å². The van der Waals surface area contributed by atoms with Gasteiger partial charge in [-0.05, 0) is 104 Å². The van der Waals surface area contributed by atoms with Gasteiger partial charge in [-0.3, -0.25) is 9.59 Å². The van der Waals surface area contributed by atoms with Crippen LogP contribution in [-0.2, 0) is 23.8 Å². The van der Waals surface area contributed by atoms with Crippen molar-refractivity contribution in [2.45, 2.75) is 125 Å². The van der Waals surface area contributed by atoms with Crippen LogP contribution in [0.3, 0.4) is 0 Å². The zero-order chi connectivity index (χ0) is 30.7. The van der Waals surface area contributed by atoms with Gasteiger partial charge in [0.15, 0.2) is 0 Å². The van der Waals surface area contributed by atoms with Crippen LogP contribution in [0, 0.1) is 56.2 Å². The Labute approximate surface area is 251 Å². The highest BCUT2D eigenvalue weighted by molar-refractivity contribution is 5.76. The summed E-state index contributed by atoms with van der Waals surface area (Å²) in [5.41, 5.74) is 0.420. The highest BCUT2D eigenvalue weighted by atomic mass is 16.9. The van der Waals surface area contributed by atoms with Gasteiger partial charge in [0.05, 0.1) is 12.0 Å². The molecule has 1 N–H and O–H groups in total. The number of carbonyl (C=O) groups excluding carboxylic acids is 2. The lowest BCUT2D eigenvalue weighted by Gasteiger charge is -2.73. The molecule has 7 heteroatoms. The third-order valence-electron chi connectivity index (χ3n) is 14.6. The first kappa shape index (κ1) is 30.0. The minimum atomic E-state index is -0.999. The monoisotopic (exact) mass is 584 g/mol. The van der Waals surface area contributed by atoms with Crippen LogP contribution in [-0.4, -0.2) is 35.6 Å². The van der Waals surface area contributed by atoms with Crippen LogP contribution >= 0.6 is 0 Å². The first-order valence-corrected chi connectivity index (χ1v) is 16.4. The molecule has 42 heavy (non-hydrogen) atoms. The predicted molar refractivity (Wildman–Crippen MR) is 157 cm³/mol. The number of aliphatic carboxylic acids is 1. The van der Waals surface area contributed by atoms with Crippen molar-refractivity contribution in [1.29, 1.82) is 0 Å². The summed E-state index contributed by atoms with van der Waals surface area (Å²) in [7, 11) is 0. The second-order valence-electron chi connectivity index (χ2n) is 17.0. The first-order valence-electron chi connectivity index (χ1n) is 16.4. The fraction of sp³-hybridized carbons (Fsp3) is 0.857. The van der Waals surface area contributed by atoms with Gasteiger partial charge in [-0.2, -0.15) is 0 Å². The molecule has 6 rings (SSSR count). The minimum absolute atomic E-state index is 0.0206. The van der Waals surface area contributed by atoms with E-state index in [4.69, 9.17) is 14.2 Å². The Hall–Kier alpha value is -2.05. The number of rotatable bonds is 4. The zero-order valence-electron chi connectivity index (χ0n) is 27.1. The maximum absolute atomic E-state index is 12.9. The van der Waals surface area contributed by atoms with E-state index in [9.17, 15) is 19.5 Å². The molecular formula is C35H52O7. The number of carboxylic acid groups (broad SMARTS) is 1. The first-order chi connectivity index (χ1) is 19.4. The van der Waals surface area contributed by atoms with E-state index in [-0.39, 0.29) is 52.0 Å². The molecule has 7 nitrogen and oxygen atoms in total. The van der Waals surface area contributed by atoms with E-state index in [1.165, 1.54) is 12.5 Å². The van der Waals surface area contributed by atoms with E-state index in [1.807, 2.05) is 0 Å². The van der Waals surface area contributed by atoms with Crippen LogP contribution in [0.25, 0.3) is 0 Å². The zero-order valence-corrected chi connectivity index (χ0v) is 27.1. The summed E-state index contributed by atoms with van der Waals surface area (Å²) in [6.45, 7) is 18.2.